The summed E-state index contributed by atoms with van der Waals surface area (Å²) < 4.78 is 30.9. The van der Waals surface area contributed by atoms with Crippen LogP contribution in [0.25, 0.3) is 0 Å². The maximum Gasteiger partial charge on any atom is 0.169 e. The van der Waals surface area contributed by atoms with E-state index >= 15 is 0 Å². The van der Waals surface area contributed by atoms with Crippen molar-refractivity contribution in [3.05, 3.63) is 47.2 Å². The van der Waals surface area contributed by atoms with Crippen molar-refractivity contribution in [3.8, 4) is 0 Å². The second-order valence-corrected chi connectivity index (χ2v) is 3.41. The smallest absolute Gasteiger partial charge is 0.169 e. The molecule has 0 radical (unpaired) electrons. The van der Waals surface area contributed by atoms with Gasteiger partial charge in [0.2, 0.25) is 0 Å². The van der Waals surface area contributed by atoms with Gasteiger partial charge in [-0.2, -0.15) is 0 Å². The topological polar surface area (TPSA) is 38.1 Å². The predicted octanol–water partition coefficient (Wildman–Crippen LogP) is 2.87. The number of nitrogens with zero attached hydrogens (tertiary/aromatic N) is 1. The molecule has 0 fully saturated rings. The molecule has 1 aromatic carbocycles. The van der Waals surface area contributed by atoms with Crippen molar-refractivity contribution in [3.63, 3.8) is 0 Å². The number of anilines is 1. The fourth-order valence-electron chi connectivity index (χ4n) is 1.31. The molecular formula is C11H10F2N2O. The van der Waals surface area contributed by atoms with Gasteiger partial charge in [-0.15, -0.1) is 0 Å². The summed E-state index contributed by atoms with van der Waals surface area (Å²) in [6.45, 7) is 1.91. The quantitative estimate of drug-likeness (QED) is 0.871. The van der Waals surface area contributed by atoms with E-state index in [1.165, 1.54) is 0 Å². The molecule has 0 spiro atoms. The normalized spacial score (nSPS) is 10.4. The summed E-state index contributed by atoms with van der Waals surface area (Å²) in [4.78, 5) is 0. The third kappa shape index (κ3) is 2.36. The number of hydrogen-bond donors (Lipinski definition) is 1. The Morgan fingerprint density at radius 2 is 2.12 bits per heavy atom. The lowest BCUT2D eigenvalue weighted by molar-refractivity contribution is 0.399. The Labute approximate surface area is 91.1 Å². The second-order valence-electron chi connectivity index (χ2n) is 3.41. The van der Waals surface area contributed by atoms with Gasteiger partial charge in [0.1, 0.15) is 17.4 Å². The lowest BCUT2D eigenvalue weighted by atomic mass is 10.2. The number of hydrogen-bond acceptors (Lipinski definition) is 3. The molecule has 3 nitrogen and oxygen atoms in total. The van der Waals surface area contributed by atoms with E-state index in [4.69, 9.17) is 4.52 Å². The molecule has 0 saturated carbocycles. The Hall–Kier alpha value is -1.91. The molecule has 2 rings (SSSR count). The molecular weight excluding hydrogens is 214 g/mol. The fraction of sp³-hybridized carbons (Fsp3) is 0.182. The van der Waals surface area contributed by atoms with Gasteiger partial charge in [0.05, 0.1) is 0 Å². The van der Waals surface area contributed by atoms with Crippen molar-refractivity contribution >= 4 is 5.82 Å². The number of nitrogens with one attached hydrogen (secondary N) is 1. The van der Waals surface area contributed by atoms with Crippen molar-refractivity contribution in [2.24, 2.45) is 0 Å². The number of halogens is 2. The van der Waals surface area contributed by atoms with Crippen molar-refractivity contribution in [1.29, 1.82) is 0 Å². The van der Waals surface area contributed by atoms with Crippen LogP contribution in [0.3, 0.4) is 0 Å². The molecule has 0 aliphatic heterocycles. The van der Waals surface area contributed by atoms with Gasteiger partial charge in [-0.05, 0) is 25.1 Å². The monoisotopic (exact) mass is 224 g/mol. The van der Waals surface area contributed by atoms with Crippen LogP contribution in [0.1, 0.15) is 11.3 Å². The molecule has 0 saturated heterocycles. The summed E-state index contributed by atoms with van der Waals surface area (Å²) in [5.41, 5.74) is 0.251. The molecule has 0 bridgehead atoms. The minimum atomic E-state index is -0.463. The molecule has 0 amide bonds. The Morgan fingerprint density at radius 1 is 1.31 bits per heavy atom. The average Bonchev–Trinajstić information content (AvgIpc) is 2.66. The first-order valence-corrected chi connectivity index (χ1v) is 4.76. The van der Waals surface area contributed by atoms with Gasteiger partial charge >= 0.3 is 0 Å². The molecule has 16 heavy (non-hydrogen) atoms. The standard InChI is InChI=1S/C11H10F2N2O/c1-7-4-11(15-16-7)14-6-8-5-9(12)2-3-10(8)13/h2-5H,6H2,1H3,(H,14,15). The highest BCUT2D eigenvalue weighted by molar-refractivity contribution is 5.35. The number of aryl methyl sites for hydroxylation is 1. The fourth-order valence-corrected chi connectivity index (χ4v) is 1.31. The molecule has 2 aromatic rings. The molecule has 84 valence electrons. The summed E-state index contributed by atoms with van der Waals surface area (Å²) in [6.07, 6.45) is 0. The van der Waals surface area contributed by atoms with Gasteiger partial charge in [0, 0.05) is 18.2 Å². The van der Waals surface area contributed by atoms with Crippen LogP contribution < -0.4 is 5.32 Å². The van der Waals surface area contributed by atoms with Gasteiger partial charge in [0.25, 0.3) is 0 Å². The van der Waals surface area contributed by atoms with Gasteiger partial charge in [0.15, 0.2) is 5.82 Å². The third-order valence-electron chi connectivity index (χ3n) is 2.10. The maximum atomic E-state index is 13.2. The summed E-state index contributed by atoms with van der Waals surface area (Å²) in [6, 6.07) is 5.01. The van der Waals surface area contributed by atoms with Gasteiger partial charge in [-0.1, -0.05) is 5.16 Å². The van der Waals surface area contributed by atoms with Crippen molar-refractivity contribution in [1.82, 2.24) is 5.16 Å². The maximum absolute atomic E-state index is 13.2. The van der Waals surface area contributed by atoms with E-state index in [0.717, 1.165) is 18.2 Å². The van der Waals surface area contributed by atoms with E-state index in [0.29, 0.717) is 11.6 Å². The van der Waals surface area contributed by atoms with E-state index in [1.807, 2.05) is 0 Å². The van der Waals surface area contributed by atoms with Crippen LogP contribution >= 0.6 is 0 Å². The predicted molar refractivity (Wildman–Crippen MR) is 54.9 cm³/mol. The Bertz CT molecular complexity index is 496. The molecule has 5 heteroatoms. The molecule has 0 aliphatic rings. The number of aromatic nitrogens is 1. The first kappa shape index (κ1) is 10.6. The first-order valence-electron chi connectivity index (χ1n) is 4.76. The van der Waals surface area contributed by atoms with Crippen molar-refractivity contribution in [2.45, 2.75) is 13.5 Å². The molecule has 1 heterocycles. The zero-order valence-corrected chi connectivity index (χ0v) is 8.63. The van der Waals surface area contributed by atoms with Crippen LogP contribution in [-0.2, 0) is 6.54 Å². The van der Waals surface area contributed by atoms with Gasteiger partial charge in [-0.3, -0.25) is 0 Å². The summed E-state index contributed by atoms with van der Waals surface area (Å²) in [7, 11) is 0. The minimum absolute atomic E-state index is 0.162. The van der Waals surface area contributed by atoms with Crippen molar-refractivity contribution in [2.75, 3.05) is 5.32 Å². The van der Waals surface area contributed by atoms with Crippen LogP contribution in [-0.4, -0.2) is 5.16 Å². The largest absolute Gasteiger partial charge is 0.363 e. The molecule has 0 unspecified atom stereocenters. The van der Waals surface area contributed by atoms with Crippen LogP contribution in [0.4, 0.5) is 14.6 Å². The number of benzene rings is 1. The average molecular weight is 224 g/mol. The highest BCUT2D eigenvalue weighted by atomic mass is 19.1. The first-order chi connectivity index (χ1) is 7.65. The minimum Gasteiger partial charge on any atom is -0.363 e. The molecule has 0 aliphatic carbocycles. The highest BCUT2D eigenvalue weighted by Crippen LogP contribution is 2.13. The van der Waals surface area contributed by atoms with E-state index in [2.05, 4.69) is 10.5 Å². The lowest BCUT2D eigenvalue weighted by Gasteiger charge is -2.03. The SMILES string of the molecule is Cc1cc(NCc2cc(F)ccc2F)no1. The van der Waals surface area contributed by atoms with E-state index in [1.54, 1.807) is 13.0 Å². The second kappa shape index (κ2) is 4.30. The Morgan fingerprint density at radius 3 is 2.81 bits per heavy atom. The summed E-state index contributed by atoms with van der Waals surface area (Å²) in [5, 5.41) is 6.52. The zero-order chi connectivity index (χ0) is 11.5. The Kier molecular flexibility index (Phi) is 2.85. The molecule has 1 aromatic heterocycles. The van der Waals surface area contributed by atoms with Crippen LogP contribution in [0.5, 0.6) is 0 Å². The van der Waals surface area contributed by atoms with Crippen LogP contribution in [0.2, 0.25) is 0 Å². The van der Waals surface area contributed by atoms with Crippen LogP contribution in [0.15, 0.2) is 28.8 Å². The molecule has 1 N–H and O–H groups in total. The van der Waals surface area contributed by atoms with Gasteiger partial charge in [-0.25, -0.2) is 8.78 Å². The highest BCUT2D eigenvalue weighted by Gasteiger charge is 2.05. The van der Waals surface area contributed by atoms with E-state index < -0.39 is 11.6 Å². The zero-order valence-electron chi connectivity index (χ0n) is 8.63. The van der Waals surface area contributed by atoms with E-state index in [-0.39, 0.29) is 12.1 Å². The van der Waals surface area contributed by atoms with Crippen LogP contribution in [0, 0.1) is 18.6 Å². The number of rotatable bonds is 3. The third-order valence-corrected chi connectivity index (χ3v) is 2.10. The lowest BCUT2D eigenvalue weighted by Crippen LogP contribution is -2.02. The van der Waals surface area contributed by atoms with Crippen molar-refractivity contribution < 1.29 is 13.3 Å². The summed E-state index contributed by atoms with van der Waals surface area (Å²) in [5.74, 6) is 0.243. The summed E-state index contributed by atoms with van der Waals surface area (Å²) >= 11 is 0. The van der Waals surface area contributed by atoms with E-state index in [9.17, 15) is 8.78 Å². The van der Waals surface area contributed by atoms with Gasteiger partial charge < -0.3 is 9.84 Å². The Balaban J connectivity index is 2.07. The molecule has 0 atom stereocenters.